The molecule has 1 aliphatic carbocycles. The van der Waals surface area contributed by atoms with Crippen molar-refractivity contribution in [2.75, 3.05) is 31.0 Å². The molecule has 0 unspecified atom stereocenters. The van der Waals surface area contributed by atoms with Gasteiger partial charge in [-0.2, -0.15) is 0 Å². The predicted molar refractivity (Wildman–Crippen MR) is 136 cm³/mol. The topological polar surface area (TPSA) is 139 Å². The zero-order valence-electron chi connectivity index (χ0n) is 20.0. The zero-order valence-corrected chi connectivity index (χ0v) is 21.6. The van der Waals surface area contributed by atoms with Gasteiger partial charge in [-0.3, -0.25) is 24.4 Å². The summed E-state index contributed by atoms with van der Waals surface area (Å²) in [5, 5.41) is 2.76. The second kappa shape index (κ2) is 10.6. The third-order valence-corrected chi connectivity index (χ3v) is 8.77. The highest BCUT2D eigenvalue weighted by atomic mass is 32.2. The van der Waals surface area contributed by atoms with E-state index in [-0.39, 0.29) is 23.3 Å². The van der Waals surface area contributed by atoms with Crippen molar-refractivity contribution in [2.45, 2.75) is 37.2 Å². The average Bonchev–Trinajstić information content (AvgIpc) is 3.61. The molecule has 4 heterocycles. The molecule has 2 N–H and O–H groups in total. The minimum Gasteiger partial charge on any atom is -0.477 e. The molecule has 2 aliphatic rings. The number of amides is 1. The molecule has 2 fully saturated rings. The lowest BCUT2D eigenvalue weighted by Gasteiger charge is -2.36. The number of hydrogen-bond donors (Lipinski definition) is 2. The fourth-order valence-electron chi connectivity index (χ4n) is 3.86. The second-order valence-corrected chi connectivity index (χ2v) is 11.9. The van der Waals surface area contributed by atoms with Crippen molar-refractivity contribution in [3.05, 3.63) is 47.6 Å². The van der Waals surface area contributed by atoms with Gasteiger partial charge in [0, 0.05) is 32.0 Å². The highest BCUT2D eigenvalue weighted by molar-refractivity contribution is 7.93. The molecule has 0 radical (unpaired) electrons. The molecule has 0 aromatic carbocycles. The van der Waals surface area contributed by atoms with Crippen molar-refractivity contribution in [3.8, 4) is 16.5 Å². The van der Waals surface area contributed by atoms with E-state index in [1.54, 1.807) is 24.5 Å². The van der Waals surface area contributed by atoms with Crippen LogP contribution in [-0.4, -0.2) is 76.8 Å². The summed E-state index contributed by atoms with van der Waals surface area (Å²) in [4.78, 5) is 32.8. The van der Waals surface area contributed by atoms with Gasteiger partial charge in [0.05, 0.1) is 46.6 Å². The molecule has 196 valence electrons. The number of pyridine rings is 1. The molecule has 3 aromatic heterocycles. The monoisotopic (exact) mass is 547 g/mol. The third kappa shape index (κ3) is 6.19. The summed E-state index contributed by atoms with van der Waals surface area (Å²) in [6.07, 6.45) is 6.48. The summed E-state index contributed by atoms with van der Waals surface area (Å²) in [6.45, 7) is 3.14. The standard InChI is InChI=1S/C23H26FN7O4S2/c1-2-35-21-10-25-8-18(28-21)20-9-27-23(36-20)22(32)29-19(13-31-11-14(24)12-31)17-7-15(5-6-26-17)30-37(33,34)16-3-4-16/h5-10,14,16,19H,2-4,11-13H2,1H3,(H,26,30)(H,29,32)/t19-/m0/s1. The summed E-state index contributed by atoms with van der Waals surface area (Å²) >= 11 is 1.15. The first-order chi connectivity index (χ1) is 17.8. The molecule has 1 saturated carbocycles. The Morgan fingerprint density at radius 2 is 2.08 bits per heavy atom. The number of aromatic nitrogens is 4. The van der Waals surface area contributed by atoms with Crippen molar-refractivity contribution in [2.24, 2.45) is 0 Å². The van der Waals surface area contributed by atoms with E-state index in [2.05, 4.69) is 30.0 Å². The quantitative estimate of drug-likeness (QED) is 0.370. The Morgan fingerprint density at radius 3 is 2.81 bits per heavy atom. The number of ether oxygens (including phenoxy) is 1. The predicted octanol–water partition coefficient (Wildman–Crippen LogP) is 2.42. The van der Waals surface area contributed by atoms with Gasteiger partial charge in [-0.05, 0) is 31.9 Å². The SMILES string of the molecule is CCOc1cncc(-c2cnc(C(=O)N[C@@H](CN3CC(F)C3)c3cc(NS(=O)(=O)C4CC4)ccn3)s2)n1. The number of nitrogens with one attached hydrogen (secondary N) is 2. The summed E-state index contributed by atoms with van der Waals surface area (Å²) in [6, 6.07) is 2.55. The Balaban J connectivity index is 1.33. The van der Waals surface area contributed by atoms with Gasteiger partial charge in [0.2, 0.25) is 15.9 Å². The lowest BCUT2D eigenvalue weighted by Crippen LogP contribution is -2.51. The van der Waals surface area contributed by atoms with Crippen LogP contribution in [0.25, 0.3) is 10.6 Å². The van der Waals surface area contributed by atoms with Crippen LogP contribution >= 0.6 is 11.3 Å². The minimum absolute atomic E-state index is 0.209. The van der Waals surface area contributed by atoms with Crippen molar-refractivity contribution in [1.82, 2.24) is 30.2 Å². The molecule has 5 rings (SSSR count). The Hall–Kier alpha value is -3.23. The third-order valence-electron chi connectivity index (χ3n) is 5.88. The fourth-order valence-corrected chi connectivity index (χ4v) is 6.01. The van der Waals surface area contributed by atoms with Crippen molar-refractivity contribution in [3.63, 3.8) is 0 Å². The molecule has 11 nitrogen and oxygen atoms in total. The van der Waals surface area contributed by atoms with Gasteiger partial charge in [0.1, 0.15) is 11.9 Å². The number of thiazole rings is 1. The summed E-state index contributed by atoms with van der Waals surface area (Å²) in [5.41, 5.74) is 1.36. The summed E-state index contributed by atoms with van der Waals surface area (Å²) in [5.74, 6) is -0.0540. The number of carbonyl (C=O) groups is 1. The highest BCUT2D eigenvalue weighted by Crippen LogP contribution is 2.30. The van der Waals surface area contributed by atoms with Crippen LogP contribution in [0.4, 0.5) is 10.1 Å². The van der Waals surface area contributed by atoms with Gasteiger partial charge < -0.3 is 10.1 Å². The Morgan fingerprint density at radius 1 is 1.27 bits per heavy atom. The lowest BCUT2D eigenvalue weighted by molar-refractivity contribution is 0.0547. The van der Waals surface area contributed by atoms with Crippen molar-refractivity contribution in [1.29, 1.82) is 0 Å². The first-order valence-electron chi connectivity index (χ1n) is 11.9. The maximum Gasteiger partial charge on any atom is 0.280 e. The van der Waals surface area contributed by atoms with Crippen LogP contribution in [0.15, 0.2) is 36.9 Å². The van der Waals surface area contributed by atoms with Crippen LogP contribution in [-0.2, 0) is 10.0 Å². The normalized spacial score (nSPS) is 17.1. The van der Waals surface area contributed by atoms with Crippen molar-refractivity contribution >= 4 is 33.0 Å². The van der Waals surface area contributed by atoms with E-state index in [4.69, 9.17) is 4.74 Å². The van der Waals surface area contributed by atoms with Gasteiger partial charge in [-0.1, -0.05) is 0 Å². The average molecular weight is 548 g/mol. The number of sulfonamides is 1. The van der Waals surface area contributed by atoms with Gasteiger partial charge >= 0.3 is 0 Å². The number of nitrogens with zero attached hydrogens (tertiary/aromatic N) is 5. The van der Waals surface area contributed by atoms with Crippen LogP contribution in [0.3, 0.4) is 0 Å². The van der Waals surface area contributed by atoms with Crippen LogP contribution < -0.4 is 14.8 Å². The summed E-state index contributed by atoms with van der Waals surface area (Å²) < 4.78 is 46.2. The van der Waals surface area contributed by atoms with E-state index < -0.39 is 28.1 Å². The minimum atomic E-state index is -3.46. The number of halogens is 1. The van der Waals surface area contributed by atoms with E-state index in [0.29, 0.717) is 53.8 Å². The van der Waals surface area contributed by atoms with E-state index in [0.717, 1.165) is 11.3 Å². The van der Waals surface area contributed by atoms with Crippen LogP contribution in [0.1, 0.15) is 41.3 Å². The fraction of sp³-hybridized carbons (Fsp3) is 0.435. The van der Waals surface area contributed by atoms with Crippen LogP contribution in [0, 0.1) is 0 Å². The molecule has 0 bridgehead atoms. The first-order valence-corrected chi connectivity index (χ1v) is 14.2. The maximum atomic E-state index is 13.5. The van der Waals surface area contributed by atoms with E-state index in [1.165, 1.54) is 12.4 Å². The molecular formula is C23H26FN7O4S2. The molecule has 1 aliphatic heterocycles. The van der Waals surface area contributed by atoms with Gasteiger partial charge in [-0.15, -0.1) is 11.3 Å². The number of rotatable bonds is 11. The van der Waals surface area contributed by atoms with E-state index >= 15 is 0 Å². The number of hydrogen-bond acceptors (Lipinski definition) is 10. The number of alkyl halides is 1. The summed E-state index contributed by atoms with van der Waals surface area (Å²) in [7, 11) is -3.46. The van der Waals surface area contributed by atoms with Gasteiger partial charge in [0.25, 0.3) is 5.91 Å². The highest BCUT2D eigenvalue weighted by Gasteiger charge is 2.36. The molecule has 0 spiro atoms. The molecule has 3 aromatic rings. The van der Waals surface area contributed by atoms with Gasteiger partial charge in [0.15, 0.2) is 5.01 Å². The molecule has 1 atom stereocenters. The van der Waals surface area contributed by atoms with Gasteiger partial charge in [-0.25, -0.2) is 22.8 Å². The lowest BCUT2D eigenvalue weighted by atomic mass is 10.1. The van der Waals surface area contributed by atoms with Crippen LogP contribution in [0.5, 0.6) is 5.88 Å². The Kier molecular flexibility index (Phi) is 7.31. The smallest absolute Gasteiger partial charge is 0.280 e. The van der Waals surface area contributed by atoms with E-state index in [1.807, 2.05) is 11.8 Å². The first kappa shape index (κ1) is 25.4. The molecule has 14 heteroatoms. The Bertz CT molecular complexity index is 1380. The van der Waals surface area contributed by atoms with Crippen LogP contribution in [0.2, 0.25) is 0 Å². The largest absolute Gasteiger partial charge is 0.477 e. The van der Waals surface area contributed by atoms with Crippen molar-refractivity contribution < 1.29 is 22.3 Å². The number of carbonyl (C=O) groups excluding carboxylic acids is 1. The second-order valence-electron chi connectivity index (χ2n) is 8.86. The maximum absolute atomic E-state index is 13.5. The molecule has 1 amide bonds. The number of likely N-dealkylation sites (tertiary alicyclic amines) is 1. The number of anilines is 1. The zero-order chi connectivity index (χ0) is 26.0. The molecule has 1 saturated heterocycles. The Labute approximate surface area is 217 Å². The molecule has 37 heavy (non-hydrogen) atoms. The van der Waals surface area contributed by atoms with E-state index in [9.17, 15) is 17.6 Å². The molecular weight excluding hydrogens is 521 g/mol.